The fourth-order valence-corrected chi connectivity index (χ4v) is 4.76. The van der Waals surface area contributed by atoms with Gasteiger partial charge in [0.15, 0.2) is 5.82 Å². The topological polar surface area (TPSA) is 41.0 Å². The zero-order valence-corrected chi connectivity index (χ0v) is 13.3. The molecule has 2 atom stereocenters. The van der Waals surface area contributed by atoms with E-state index in [9.17, 15) is 0 Å². The molecule has 1 N–H and O–H groups in total. The van der Waals surface area contributed by atoms with Crippen molar-refractivity contribution < 1.29 is 0 Å². The molecule has 112 valence electrons. The van der Waals surface area contributed by atoms with Crippen LogP contribution < -0.4 is 5.32 Å². The summed E-state index contributed by atoms with van der Waals surface area (Å²) in [5, 5.41) is 4.37. The van der Waals surface area contributed by atoms with Crippen LogP contribution in [0.15, 0.2) is 40.5 Å². The van der Waals surface area contributed by atoms with Gasteiger partial charge in [-0.1, -0.05) is 24.8 Å². The van der Waals surface area contributed by atoms with Gasteiger partial charge in [-0.2, -0.15) is 0 Å². The van der Waals surface area contributed by atoms with Crippen molar-refractivity contribution in [2.75, 3.05) is 18.4 Å². The summed E-state index contributed by atoms with van der Waals surface area (Å²) in [6.45, 7) is 6.01. The van der Waals surface area contributed by atoms with E-state index in [0.29, 0.717) is 0 Å². The summed E-state index contributed by atoms with van der Waals surface area (Å²) < 4.78 is 0. The van der Waals surface area contributed by atoms with E-state index < -0.39 is 0 Å². The molecule has 1 aromatic heterocycles. The Bertz CT molecular complexity index is 735. The number of fused-ring (bicyclic) bond motifs is 3. The number of rotatable bonds is 2. The molecule has 4 nitrogen and oxygen atoms in total. The molecule has 0 bridgehead atoms. The van der Waals surface area contributed by atoms with E-state index in [-0.39, 0.29) is 0 Å². The van der Waals surface area contributed by atoms with Gasteiger partial charge >= 0.3 is 0 Å². The van der Waals surface area contributed by atoms with Crippen molar-refractivity contribution in [1.29, 1.82) is 0 Å². The lowest BCUT2D eigenvalue weighted by atomic mass is 10.1. The van der Waals surface area contributed by atoms with Gasteiger partial charge in [0, 0.05) is 36.9 Å². The molecule has 1 aromatic carbocycles. The van der Waals surface area contributed by atoms with E-state index in [1.165, 1.54) is 23.5 Å². The van der Waals surface area contributed by atoms with Crippen LogP contribution in [0.5, 0.6) is 0 Å². The molecule has 0 spiro atoms. The molecule has 1 saturated heterocycles. The zero-order chi connectivity index (χ0) is 14.7. The third-order valence-electron chi connectivity index (χ3n) is 5.27. The molecule has 2 fully saturated rings. The first-order valence-corrected chi connectivity index (χ1v) is 8.71. The second kappa shape index (κ2) is 4.70. The quantitative estimate of drug-likeness (QED) is 0.786. The number of hydrogen-bond donors (Lipinski definition) is 1. The van der Waals surface area contributed by atoms with Gasteiger partial charge in [0.2, 0.25) is 0 Å². The number of aromatic nitrogens is 2. The smallest absolute Gasteiger partial charge is 0.163 e. The predicted octanol–water partition coefficient (Wildman–Crippen LogP) is 3.38. The van der Waals surface area contributed by atoms with Crippen LogP contribution in [0, 0.1) is 17.8 Å². The first-order chi connectivity index (χ1) is 10.8. The third-order valence-corrected chi connectivity index (χ3v) is 6.34. The van der Waals surface area contributed by atoms with Crippen LogP contribution >= 0.6 is 11.8 Å². The number of anilines is 2. The van der Waals surface area contributed by atoms with Gasteiger partial charge in [-0.15, -0.1) is 0 Å². The Morgan fingerprint density at radius 2 is 2.05 bits per heavy atom. The number of nitrogens with zero attached hydrogens (tertiary/aromatic N) is 3. The summed E-state index contributed by atoms with van der Waals surface area (Å²) in [7, 11) is 0. The molecule has 5 heteroatoms. The van der Waals surface area contributed by atoms with Crippen molar-refractivity contribution in [3.8, 4) is 0 Å². The van der Waals surface area contributed by atoms with E-state index in [2.05, 4.69) is 45.3 Å². The Morgan fingerprint density at radius 3 is 2.91 bits per heavy atom. The largest absolute Gasteiger partial charge is 0.337 e. The lowest BCUT2D eigenvalue weighted by Gasteiger charge is -2.22. The van der Waals surface area contributed by atoms with Gasteiger partial charge in [0.05, 0.1) is 5.69 Å². The summed E-state index contributed by atoms with van der Waals surface area (Å²) in [5.41, 5.74) is 2.54. The molecular formula is C17H18N4S. The van der Waals surface area contributed by atoms with Gasteiger partial charge in [-0.25, -0.2) is 9.97 Å². The van der Waals surface area contributed by atoms with Gasteiger partial charge in [0.1, 0.15) is 5.03 Å². The average molecular weight is 310 g/mol. The second-order valence-electron chi connectivity index (χ2n) is 6.65. The molecule has 0 radical (unpaired) electrons. The fourth-order valence-electron chi connectivity index (χ4n) is 3.88. The Balaban J connectivity index is 1.35. The van der Waals surface area contributed by atoms with Crippen LogP contribution in [0.4, 0.5) is 11.5 Å². The molecular weight excluding hydrogens is 292 g/mol. The van der Waals surface area contributed by atoms with Gasteiger partial charge in [0.25, 0.3) is 0 Å². The minimum absolute atomic E-state index is 0.869. The molecule has 1 aliphatic carbocycles. The van der Waals surface area contributed by atoms with Crippen molar-refractivity contribution in [2.45, 2.75) is 23.4 Å². The normalized spacial score (nSPS) is 28.5. The predicted molar refractivity (Wildman–Crippen MR) is 87.3 cm³/mol. The highest BCUT2D eigenvalue weighted by atomic mass is 32.2. The van der Waals surface area contributed by atoms with Gasteiger partial charge in [-0.05, 0) is 35.4 Å². The zero-order valence-electron chi connectivity index (χ0n) is 12.5. The number of likely N-dealkylation sites (tertiary alicyclic amines) is 1. The van der Waals surface area contributed by atoms with Crippen LogP contribution in [0.1, 0.15) is 12.5 Å². The summed E-state index contributed by atoms with van der Waals surface area (Å²) in [4.78, 5) is 12.6. The summed E-state index contributed by atoms with van der Waals surface area (Å²) in [6, 6.07) is 6.73. The van der Waals surface area contributed by atoms with Crippen molar-refractivity contribution in [3.05, 3.63) is 36.2 Å². The lowest BCUT2D eigenvalue weighted by molar-refractivity contribution is 0.281. The minimum atomic E-state index is 0.869. The molecule has 3 heterocycles. The molecule has 2 aromatic rings. The molecule has 22 heavy (non-hydrogen) atoms. The Hall–Kier alpha value is -1.59. The maximum atomic E-state index is 4.37. The van der Waals surface area contributed by atoms with Crippen molar-refractivity contribution in [2.24, 2.45) is 17.8 Å². The third kappa shape index (κ3) is 2.03. The number of piperidine rings is 1. The first-order valence-electron chi connectivity index (χ1n) is 7.89. The Morgan fingerprint density at radius 1 is 1.23 bits per heavy atom. The molecule has 0 amide bonds. The van der Waals surface area contributed by atoms with E-state index >= 15 is 0 Å². The molecule has 2 aliphatic heterocycles. The summed E-state index contributed by atoms with van der Waals surface area (Å²) >= 11 is 1.69. The Labute approximate surface area is 134 Å². The van der Waals surface area contributed by atoms with Gasteiger partial charge in [-0.3, -0.25) is 4.90 Å². The van der Waals surface area contributed by atoms with Crippen molar-refractivity contribution in [1.82, 2.24) is 14.9 Å². The maximum Gasteiger partial charge on any atom is 0.163 e. The minimum Gasteiger partial charge on any atom is -0.337 e. The molecule has 1 saturated carbocycles. The number of nitrogens with one attached hydrogen (secondary N) is 1. The Kier molecular flexibility index (Phi) is 2.76. The number of hydrogen-bond acceptors (Lipinski definition) is 5. The summed E-state index contributed by atoms with van der Waals surface area (Å²) in [6.07, 6.45) is 3.48. The second-order valence-corrected chi connectivity index (χ2v) is 7.68. The van der Waals surface area contributed by atoms with E-state index in [1.807, 2.05) is 0 Å². The average Bonchev–Trinajstić information content (AvgIpc) is 2.96. The number of benzene rings is 1. The van der Waals surface area contributed by atoms with E-state index in [1.54, 1.807) is 24.2 Å². The summed E-state index contributed by atoms with van der Waals surface area (Å²) in [5.74, 6) is 3.77. The van der Waals surface area contributed by atoms with Crippen LogP contribution in [-0.4, -0.2) is 28.0 Å². The van der Waals surface area contributed by atoms with E-state index in [4.69, 9.17) is 0 Å². The van der Waals surface area contributed by atoms with Crippen LogP contribution in [0.2, 0.25) is 0 Å². The molecule has 5 rings (SSSR count). The maximum absolute atomic E-state index is 4.37. The van der Waals surface area contributed by atoms with E-state index in [0.717, 1.165) is 40.8 Å². The highest BCUT2D eigenvalue weighted by Crippen LogP contribution is 2.51. The highest BCUT2D eigenvalue weighted by Gasteiger charge is 2.52. The van der Waals surface area contributed by atoms with Crippen LogP contribution in [-0.2, 0) is 6.54 Å². The molecule has 3 aliphatic rings. The van der Waals surface area contributed by atoms with Crippen LogP contribution in [0.25, 0.3) is 0 Å². The fraction of sp³-hybridized carbons (Fsp3) is 0.412. The van der Waals surface area contributed by atoms with Crippen LogP contribution in [0.3, 0.4) is 0 Å². The SMILES string of the molecule is CC1C2CN(Cc3ccc4c(c3)Nc3nccnc3S4)CC12. The lowest BCUT2D eigenvalue weighted by Crippen LogP contribution is -2.23. The van der Waals surface area contributed by atoms with Crippen molar-refractivity contribution >= 4 is 23.3 Å². The standard InChI is InChI=1S/C17H18N4S/c1-10-12-8-21(9-13(10)12)7-11-2-3-15-14(6-11)20-16-17(22-15)19-5-4-18-16/h2-6,10,12-13H,7-9H2,1H3,(H,18,20). The monoisotopic (exact) mass is 310 g/mol. The van der Waals surface area contributed by atoms with Gasteiger partial charge < -0.3 is 5.32 Å². The van der Waals surface area contributed by atoms with Crippen molar-refractivity contribution in [3.63, 3.8) is 0 Å². The molecule has 2 unspecified atom stereocenters. The highest BCUT2D eigenvalue weighted by molar-refractivity contribution is 7.99. The first kappa shape index (κ1) is 12.9.